The first-order valence-corrected chi connectivity index (χ1v) is 8.60. The van der Waals surface area contributed by atoms with E-state index in [2.05, 4.69) is 4.90 Å². The molecule has 1 atom stereocenters. The fourth-order valence-electron chi connectivity index (χ4n) is 2.34. The Balaban J connectivity index is 2.32. The molecule has 1 saturated heterocycles. The standard InChI is InChI=1S/C11H22ClNO2S/c1-16(14,15)10-4-9-13-8-3-2-5-11(13)6-7-12/h11H,2-10H2,1H3. The predicted octanol–water partition coefficient (Wildman–Crippen LogP) is 1.90. The van der Waals surface area contributed by atoms with E-state index in [1.807, 2.05) is 0 Å². The summed E-state index contributed by atoms with van der Waals surface area (Å²) in [6, 6.07) is 0.575. The van der Waals surface area contributed by atoms with Crippen LogP contribution in [0.3, 0.4) is 0 Å². The smallest absolute Gasteiger partial charge is 0.147 e. The van der Waals surface area contributed by atoms with Crippen molar-refractivity contribution in [2.75, 3.05) is 31.0 Å². The van der Waals surface area contributed by atoms with Gasteiger partial charge in [0.15, 0.2) is 0 Å². The quantitative estimate of drug-likeness (QED) is 0.690. The molecule has 0 aromatic heterocycles. The second-order valence-electron chi connectivity index (χ2n) is 4.65. The Bertz CT molecular complexity index is 290. The van der Waals surface area contributed by atoms with Crippen molar-refractivity contribution < 1.29 is 8.42 Å². The van der Waals surface area contributed by atoms with Crippen LogP contribution in [-0.2, 0) is 9.84 Å². The number of piperidine rings is 1. The first-order valence-electron chi connectivity index (χ1n) is 6.00. The SMILES string of the molecule is CS(=O)(=O)CCCN1CCCCC1CCCl. The molecule has 3 nitrogen and oxygen atoms in total. The Morgan fingerprint density at radius 2 is 2.12 bits per heavy atom. The second kappa shape index (κ2) is 6.82. The van der Waals surface area contributed by atoms with Gasteiger partial charge in [-0.05, 0) is 38.8 Å². The van der Waals surface area contributed by atoms with Crippen LogP contribution >= 0.6 is 11.6 Å². The van der Waals surface area contributed by atoms with Gasteiger partial charge >= 0.3 is 0 Å². The first kappa shape index (κ1) is 14.3. The molecule has 0 bridgehead atoms. The zero-order valence-corrected chi connectivity index (χ0v) is 11.6. The Hall–Kier alpha value is 0.200. The maximum atomic E-state index is 11.0. The number of rotatable bonds is 6. The van der Waals surface area contributed by atoms with Gasteiger partial charge in [0, 0.05) is 18.2 Å². The highest BCUT2D eigenvalue weighted by Crippen LogP contribution is 2.20. The van der Waals surface area contributed by atoms with E-state index in [9.17, 15) is 8.42 Å². The zero-order valence-electron chi connectivity index (χ0n) is 9.99. The van der Waals surface area contributed by atoms with Crippen LogP contribution in [0, 0.1) is 0 Å². The van der Waals surface area contributed by atoms with Gasteiger partial charge in [0.1, 0.15) is 9.84 Å². The van der Waals surface area contributed by atoms with Crippen molar-refractivity contribution in [3.8, 4) is 0 Å². The minimum Gasteiger partial charge on any atom is -0.300 e. The van der Waals surface area contributed by atoms with Crippen molar-refractivity contribution in [1.82, 2.24) is 4.90 Å². The van der Waals surface area contributed by atoms with Crippen LogP contribution in [-0.4, -0.2) is 50.3 Å². The molecular weight excluding hydrogens is 246 g/mol. The van der Waals surface area contributed by atoms with Gasteiger partial charge in [0.05, 0.1) is 5.75 Å². The topological polar surface area (TPSA) is 37.4 Å². The molecule has 0 spiro atoms. The van der Waals surface area contributed by atoms with Gasteiger partial charge < -0.3 is 4.90 Å². The Kier molecular flexibility index (Phi) is 6.08. The number of alkyl halides is 1. The molecule has 0 N–H and O–H groups in total. The molecule has 1 rings (SSSR count). The summed E-state index contributed by atoms with van der Waals surface area (Å²) in [5, 5.41) is 0. The van der Waals surface area contributed by atoms with E-state index in [0.29, 0.717) is 17.7 Å². The van der Waals surface area contributed by atoms with Crippen LogP contribution in [0.15, 0.2) is 0 Å². The zero-order chi connectivity index (χ0) is 12.0. The third-order valence-electron chi connectivity index (χ3n) is 3.15. The van der Waals surface area contributed by atoms with Gasteiger partial charge in [-0.25, -0.2) is 8.42 Å². The van der Waals surface area contributed by atoms with Gasteiger partial charge in [-0.3, -0.25) is 0 Å². The van der Waals surface area contributed by atoms with E-state index in [1.165, 1.54) is 25.5 Å². The maximum Gasteiger partial charge on any atom is 0.147 e. The summed E-state index contributed by atoms with van der Waals surface area (Å²) in [6.07, 6.45) is 6.81. The predicted molar refractivity (Wildman–Crippen MR) is 68.9 cm³/mol. The van der Waals surface area contributed by atoms with E-state index < -0.39 is 9.84 Å². The van der Waals surface area contributed by atoms with Crippen LogP contribution in [0.2, 0.25) is 0 Å². The third-order valence-corrected chi connectivity index (χ3v) is 4.40. The van der Waals surface area contributed by atoms with Crippen molar-refractivity contribution in [2.24, 2.45) is 0 Å². The molecule has 0 amide bonds. The van der Waals surface area contributed by atoms with Crippen molar-refractivity contribution in [1.29, 1.82) is 0 Å². The molecule has 0 radical (unpaired) electrons. The number of hydrogen-bond acceptors (Lipinski definition) is 3. The van der Waals surface area contributed by atoms with Gasteiger partial charge in [-0.1, -0.05) is 6.42 Å². The molecule has 1 aliphatic rings. The minimum absolute atomic E-state index is 0.303. The van der Waals surface area contributed by atoms with E-state index in [0.717, 1.165) is 25.9 Å². The molecule has 0 saturated carbocycles. The molecule has 16 heavy (non-hydrogen) atoms. The lowest BCUT2D eigenvalue weighted by Crippen LogP contribution is -2.40. The summed E-state index contributed by atoms with van der Waals surface area (Å²) in [5.41, 5.74) is 0. The number of nitrogens with zero attached hydrogens (tertiary/aromatic N) is 1. The molecule has 0 aromatic carbocycles. The lowest BCUT2D eigenvalue weighted by molar-refractivity contribution is 0.145. The van der Waals surface area contributed by atoms with Crippen molar-refractivity contribution in [3.05, 3.63) is 0 Å². The van der Waals surface area contributed by atoms with Crippen LogP contribution in [0.1, 0.15) is 32.1 Å². The molecule has 1 fully saturated rings. The summed E-state index contributed by atoms with van der Waals surface area (Å²) >= 11 is 5.78. The highest BCUT2D eigenvalue weighted by atomic mass is 35.5. The van der Waals surface area contributed by atoms with Gasteiger partial charge in [0.25, 0.3) is 0 Å². The Morgan fingerprint density at radius 1 is 1.38 bits per heavy atom. The third kappa shape index (κ3) is 5.51. The second-order valence-corrected chi connectivity index (χ2v) is 7.28. The average Bonchev–Trinajstić information content (AvgIpc) is 2.19. The van der Waals surface area contributed by atoms with Crippen molar-refractivity contribution >= 4 is 21.4 Å². The highest BCUT2D eigenvalue weighted by Gasteiger charge is 2.21. The van der Waals surface area contributed by atoms with Crippen LogP contribution < -0.4 is 0 Å². The summed E-state index contributed by atoms with van der Waals surface area (Å²) in [4.78, 5) is 2.41. The molecule has 1 unspecified atom stereocenters. The number of hydrogen-bond donors (Lipinski definition) is 0. The maximum absolute atomic E-state index is 11.0. The Morgan fingerprint density at radius 3 is 2.75 bits per heavy atom. The lowest BCUT2D eigenvalue weighted by atomic mass is 10.00. The van der Waals surface area contributed by atoms with E-state index in [-0.39, 0.29) is 0 Å². The van der Waals surface area contributed by atoms with Gasteiger partial charge in [-0.15, -0.1) is 11.6 Å². The number of likely N-dealkylation sites (tertiary alicyclic amines) is 1. The molecule has 5 heteroatoms. The molecule has 0 aromatic rings. The van der Waals surface area contributed by atoms with Gasteiger partial charge in [0.2, 0.25) is 0 Å². The summed E-state index contributed by atoms with van der Waals surface area (Å²) < 4.78 is 22.1. The largest absolute Gasteiger partial charge is 0.300 e. The molecule has 1 aliphatic heterocycles. The Labute approximate surface area is 104 Å². The molecule has 0 aliphatic carbocycles. The highest BCUT2D eigenvalue weighted by molar-refractivity contribution is 7.90. The van der Waals surface area contributed by atoms with E-state index >= 15 is 0 Å². The van der Waals surface area contributed by atoms with Crippen LogP contribution in [0.25, 0.3) is 0 Å². The van der Waals surface area contributed by atoms with E-state index in [1.54, 1.807) is 0 Å². The summed E-state index contributed by atoms with van der Waals surface area (Å²) in [7, 11) is -2.81. The normalized spacial score (nSPS) is 23.5. The fourth-order valence-corrected chi connectivity index (χ4v) is 3.24. The first-order chi connectivity index (χ1) is 7.53. The number of sulfone groups is 1. The summed E-state index contributed by atoms with van der Waals surface area (Å²) in [6.45, 7) is 2.00. The monoisotopic (exact) mass is 267 g/mol. The van der Waals surface area contributed by atoms with Crippen molar-refractivity contribution in [3.63, 3.8) is 0 Å². The van der Waals surface area contributed by atoms with Gasteiger partial charge in [-0.2, -0.15) is 0 Å². The lowest BCUT2D eigenvalue weighted by Gasteiger charge is -2.35. The molecular formula is C11H22ClNO2S. The molecule has 96 valence electrons. The van der Waals surface area contributed by atoms with E-state index in [4.69, 9.17) is 11.6 Å². The summed E-state index contributed by atoms with van der Waals surface area (Å²) in [5.74, 6) is 1.00. The number of halogens is 1. The fraction of sp³-hybridized carbons (Fsp3) is 1.00. The van der Waals surface area contributed by atoms with Crippen LogP contribution in [0.5, 0.6) is 0 Å². The van der Waals surface area contributed by atoms with Crippen molar-refractivity contribution in [2.45, 2.75) is 38.1 Å². The van der Waals surface area contributed by atoms with Crippen LogP contribution in [0.4, 0.5) is 0 Å². The average molecular weight is 268 g/mol. The minimum atomic E-state index is -2.81. The molecule has 1 heterocycles.